The van der Waals surface area contributed by atoms with Crippen LogP contribution in [0.2, 0.25) is 0 Å². The zero-order chi connectivity index (χ0) is 9.47. The molecule has 2 aliphatic rings. The maximum Gasteiger partial charge on any atom is 0.410 e. The summed E-state index contributed by atoms with van der Waals surface area (Å²) in [6, 6.07) is 0. The Bertz CT molecular complexity index is 215. The first-order valence-electron chi connectivity index (χ1n) is 4.95. The zero-order valence-electron chi connectivity index (χ0n) is 8.62. The topological polar surface area (TPSA) is 18.5 Å². The van der Waals surface area contributed by atoms with Crippen LogP contribution in [0.5, 0.6) is 0 Å². The Morgan fingerprint density at radius 2 is 2.00 bits per heavy atom. The average molecular weight is 196 g/mol. The minimum Gasteiger partial charge on any atom is -0.505 e. The van der Waals surface area contributed by atoms with Gasteiger partial charge >= 0.3 is 16.6 Å². The minimum absolute atomic E-state index is 0.221. The van der Waals surface area contributed by atoms with Gasteiger partial charge in [-0.15, -0.1) is 0 Å². The predicted octanol–water partition coefficient (Wildman–Crippen LogP) is 1.13. The van der Waals surface area contributed by atoms with Gasteiger partial charge in [0.25, 0.3) is 0 Å². The largest absolute Gasteiger partial charge is 0.505 e. The Kier molecular flexibility index (Phi) is 2.44. The van der Waals surface area contributed by atoms with E-state index < -0.39 is 0 Å². The van der Waals surface area contributed by atoms with E-state index in [4.69, 9.17) is 8.53 Å². The molecule has 2 rings (SSSR count). The number of fused-ring (bicyclic) bond motifs is 1. The zero-order valence-corrected chi connectivity index (χ0v) is 10.6. The molecule has 2 saturated carbocycles. The summed E-state index contributed by atoms with van der Waals surface area (Å²) < 4.78 is 10.6. The van der Waals surface area contributed by atoms with E-state index in [-0.39, 0.29) is 5.60 Å². The van der Waals surface area contributed by atoms with Gasteiger partial charge in [-0.1, -0.05) is 0 Å². The standard InChI is InChI=1S/C10H15O2.Al.2H/c1-10(11)5-8-7(3-4-12-2)9(8)6-10;;;/h3-4,7-9H,5-6H2,1-2H3;;;/q-1;+1;;/b4-3-;;;/t7?,8-,9+,10?;;;. The van der Waals surface area contributed by atoms with Gasteiger partial charge in [0, 0.05) is 5.60 Å². The van der Waals surface area contributed by atoms with Crippen molar-refractivity contribution in [2.24, 2.45) is 17.8 Å². The Morgan fingerprint density at radius 1 is 1.38 bits per heavy atom. The van der Waals surface area contributed by atoms with Gasteiger partial charge in [0.05, 0.1) is 13.4 Å². The molecule has 0 radical (unpaired) electrons. The average Bonchev–Trinajstić information content (AvgIpc) is 2.58. The lowest BCUT2D eigenvalue weighted by molar-refractivity contribution is 0.0910. The maximum atomic E-state index is 5.64. The molecule has 0 amide bonds. The molecule has 2 aliphatic carbocycles. The molecule has 0 aliphatic heterocycles. The third kappa shape index (κ3) is 1.66. The number of hydrogen-bond acceptors (Lipinski definition) is 2. The highest BCUT2D eigenvalue weighted by Crippen LogP contribution is 2.62. The van der Waals surface area contributed by atoms with Gasteiger partial charge in [-0.05, 0) is 43.6 Å². The van der Waals surface area contributed by atoms with E-state index >= 15 is 0 Å². The predicted molar refractivity (Wildman–Crippen MR) is 53.9 cm³/mol. The van der Waals surface area contributed by atoms with Crippen LogP contribution in [0.25, 0.3) is 0 Å². The van der Waals surface area contributed by atoms with E-state index in [9.17, 15) is 0 Å². The molecule has 0 aromatic rings. The molecule has 0 N–H and O–H groups in total. The number of allylic oxidation sites excluding steroid dienone is 1. The number of ether oxygens (including phenoxy) is 1. The van der Waals surface area contributed by atoms with E-state index in [2.05, 4.69) is 13.0 Å². The molecular formula is C10H17AlO2. The van der Waals surface area contributed by atoms with Crippen molar-refractivity contribution in [1.29, 1.82) is 0 Å². The Labute approximate surface area is 88.0 Å². The molecule has 13 heavy (non-hydrogen) atoms. The highest BCUT2D eigenvalue weighted by molar-refractivity contribution is 5.98. The van der Waals surface area contributed by atoms with Crippen molar-refractivity contribution < 1.29 is 8.53 Å². The van der Waals surface area contributed by atoms with Gasteiger partial charge in [0.1, 0.15) is 0 Å². The summed E-state index contributed by atoms with van der Waals surface area (Å²) in [5.41, 5.74) is 0.221. The monoisotopic (exact) mass is 196 g/mol. The van der Waals surface area contributed by atoms with Crippen LogP contribution in [-0.2, 0) is 8.53 Å². The molecule has 0 saturated heterocycles. The molecule has 0 aromatic carbocycles. The molecule has 2 fully saturated rings. The SMILES string of the molecule is CO/C=C\C1[C@H]2CC(C)([O][AlH2])C[C@@H]12. The van der Waals surface area contributed by atoms with Crippen LogP contribution >= 0.6 is 0 Å². The molecule has 3 heteroatoms. The van der Waals surface area contributed by atoms with Gasteiger partial charge in [-0.2, -0.15) is 0 Å². The van der Waals surface area contributed by atoms with Crippen LogP contribution in [0.3, 0.4) is 0 Å². The van der Waals surface area contributed by atoms with E-state index in [0.717, 1.165) is 34.4 Å². The molecule has 2 unspecified atom stereocenters. The summed E-state index contributed by atoms with van der Waals surface area (Å²) in [6.45, 7) is 2.25. The van der Waals surface area contributed by atoms with Crippen LogP contribution in [0.4, 0.5) is 0 Å². The van der Waals surface area contributed by atoms with Crippen molar-refractivity contribution in [3.05, 3.63) is 12.3 Å². The van der Waals surface area contributed by atoms with Gasteiger partial charge in [0.2, 0.25) is 0 Å². The summed E-state index contributed by atoms with van der Waals surface area (Å²) in [5, 5.41) is 0. The maximum absolute atomic E-state index is 5.64. The number of methoxy groups -OCH3 is 1. The van der Waals surface area contributed by atoms with Gasteiger partial charge in [-0.25, -0.2) is 0 Å². The first-order chi connectivity index (χ1) is 6.20. The lowest BCUT2D eigenvalue weighted by Gasteiger charge is -2.27. The van der Waals surface area contributed by atoms with E-state index in [1.165, 1.54) is 12.8 Å². The summed E-state index contributed by atoms with van der Waals surface area (Å²) in [6.07, 6.45) is 6.53. The van der Waals surface area contributed by atoms with E-state index in [0.29, 0.717) is 0 Å². The van der Waals surface area contributed by atoms with Gasteiger partial charge in [0.15, 0.2) is 0 Å². The van der Waals surface area contributed by atoms with Crippen LogP contribution in [0, 0.1) is 17.8 Å². The third-order valence-corrected chi connectivity index (χ3v) is 4.65. The first-order valence-corrected chi connectivity index (χ1v) is 5.76. The van der Waals surface area contributed by atoms with E-state index in [1.54, 1.807) is 7.11 Å². The highest BCUT2D eigenvalue weighted by atomic mass is 27.1. The van der Waals surface area contributed by atoms with Crippen LogP contribution in [0.1, 0.15) is 19.8 Å². The quantitative estimate of drug-likeness (QED) is 0.497. The van der Waals surface area contributed by atoms with Crippen LogP contribution in [0.15, 0.2) is 12.3 Å². The molecule has 2 nitrogen and oxygen atoms in total. The minimum atomic E-state index is 0.221. The van der Waals surface area contributed by atoms with Gasteiger partial charge < -0.3 is 8.53 Å². The second-order valence-corrected chi connectivity index (χ2v) is 4.94. The van der Waals surface area contributed by atoms with Crippen molar-refractivity contribution in [3.63, 3.8) is 0 Å². The van der Waals surface area contributed by atoms with Crippen molar-refractivity contribution >= 4 is 16.6 Å². The molecule has 0 bridgehead atoms. The second-order valence-electron chi connectivity index (χ2n) is 4.53. The first kappa shape index (κ1) is 9.58. The molecule has 0 heterocycles. The summed E-state index contributed by atoms with van der Waals surface area (Å²) >= 11 is 0.872. The second kappa shape index (κ2) is 3.31. The van der Waals surface area contributed by atoms with Crippen LogP contribution in [-0.4, -0.2) is 29.3 Å². The fourth-order valence-electron chi connectivity index (χ4n) is 2.75. The number of rotatable bonds is 3. The van der Waals surface area contributed by atoms with Crippen molar-refractivity contribution in [2.45, 2.75) is 25.4 Å². The number of hydrogen-bond donors (Lipinski definition) is 0. The lowest BCUT2D eigenvalue weighted by Crippen LogP contribution is -2.26. The summed E-state index contributed by atoms with van der Waals surface area (Å²) in [7, 11) is 1.71. The highest BCUT2D eigenvalue weighted by Gasteiger charge is 2.58. The fraction of sp³-hybridized carbons (Fsp3) is 0.800. The Balaban J connectivity index is 1.87. The van der Waals surface area contributed by atoms with Crippen LogP contribution < -0.4 is 0 Å². The van der Waals surface area contributed by atoms with Crippen molar-refractivity contribution in [2.75, 3.05) is 7.11 Å². The van der Waals surface area contributed by atoms with Crippen molar-refractivity contribution in [3.8, 4) is 0 Å². The smallest absolute Gasteiger partial charge is 0.410 e. The molecule has 4 atom stereocenters. The normalized spacial score (nSPS) is 48.0. The summed E-state index contributed by atoms with van der Waals surface area (Å²) in [5.74, 6) is 2.54. The lowest BCUT2D eigenvalue weighted by atomic mass is 9.97. The molecular weight excluding hydrogens is 179 g/mol. The van der Waals surface area contributed by atoms with Crippen molar-refractivity contribution in [1.82, 2.24) is 0 Å². The fourth-order valence-corrected chi connectivity index (χ4v) is 3.08. The van der Waals surface area contributed by atoms with E-state index in [1.807, 2.05) is 6.26 Å². The Morgan fingerprint density at radius 3 is 2.46 bits per heavy atom. The van der Waals surface area contributed by atoms with Gasteiger partial charge in [-0.3, -0.25) is 0 Å². The third-order valence-electron chi connectivity index (χ3n) is 3.66. The molecule has 0 aromatic heterocycles. The molecule has 0 spiro atoms. The molecule has 72 valence electrons. The summed E-state index contributed by atoms with van der Waals surface area (Å²) in [4.78, 5) is 0. The Hall–Kier alpha value is 0.0325.